The first-order valence-corrected chi connectivity index (χ1v) is 10.5. The Morgan fingerprint density at radius 1 is 1.24 bits per heavy atom. The van der Waals surface area contributed by atoms with Crippen molar-refractivity contribution in [3.63, 3.8) is 0 Å². The van der Waals surface area contributed by atoms with Crippen molar-refractivity contribution in [1.29, 1.82) is 0 Å². The summed E-state index contributed by atoms with van der Waals surface area (Å²) < 4.78 is 25.8. The molecule has 0 fully saturated rings. The van der Waals surface area contributed by atoms with Gasteiger partial charge >= 0.3 is 0 Å². The van der Waals surface area contributed by atoms with E-state index in [1.165, 1.54) is 23.1 Å². The molecule has 2 aromatic heterocycles. The molecule has 10 heteroatoms. The summed E-state index contributed by atoms with van der Waals surface area (Å²) in [5.74, 6) is 0.344. The lowest BCUT2D eigenvalue weighted by Gasteiger charge is -2.10. The fraction of sp³-hybridized carbons (Fsp3) is 0.217. The summed E-state index contributed by atoms with van der Waals surface area (Å²) in [4.78, 5) is 16.9. The van der Waals surface area contributed by atoms with Gasteiger partial charge in [0, 0.05) is 5.02 Å². The van der Waals surface area contributed by atoms with Gasteiger partial charge in [-0.15, -0.1) is 5.10 Å². The van der Waals surface area contributed by atoms with E-state index in [0.29, 0.717) is 16.9 Å². The maximum Gasteiger partial charge on any atom is 0.280 e. The highest BCUT2D eigenvalue weighted by molar-refractivity contribution is 6.31. The zero-order chi connectivity index (χ0) is 23.5. The molecular weight excluding hydrogens is 449 g/mol. The molecule has 0 saturated heterocycles. The number of ether oxygens (including phenoxy) is 1. The van der Waals surface area contributed by atoms with E-state index in [4.69, 9.17) is 20.9 Å². The van der Waals surface area contributed by atoms with Crippen molar-refractivity contribution in [2.24, 2.45) is 0 Å². The molecule has 0 radical (unpaired) electrons. The van der Waals surface area contributed by atoms with Crippen LogP contribution in [0.1, 0.15) is 38.5 Å². The number of amides is 1. The molecule has 170 valence electrons. The van der Waals surface area contributed by atoms with Crippen LogP contribution in [0.3, 0.4) is 0 Å². The molecule has 0 bridgehead atoms. The second-order valence-electron chi connectivity index (χ2n) is 7.51. The monoisotopic (exact) mass is 469 g/mol. The third-order valence-electron chi connectivity index (χ3n) is 5.24. The van der Waals surface area contributed by atoms with Crippen LogP contribution in [0.2, 0.25) is 5.02 Å². The smallest absolute Gasteiger partial charge is 0.280 e. The molecule has 0 aliphatic carbocycles. The number of nitrogens with zero attached hydrogens (tertiary/aromatic N) is 4. The predicted molar refractivity (Wildman–Crippen MR) is 120 cm³/mol. The summed E-state index contributed by atoms with van der Waals surface area (Å²) in [5, 5.41) is 11.0. The van der Waals surface area contributed by atoms with Crippen LogP contribution in [0, 0.1) is 26.6 Å². The highest BCUT2D eigenvalue weighted by Crippen LogP contribution is 2.24. The fourth-order valence-electron chi connectivity index (χ4n) is 3.18. The van der Waals surface area contributed by atoms with Crippen LogP contribution in [-0.2, 0) is 13.2 Å². The molecule has 0 aliphatic heterocycles. The summed E-state index contributed by atoms with van der Waals surface area (Å²) >= 11 is 6.06. The zero-order valence-electron chi connectivity index (χ0n) is 18.2. The van der Waals surface area contributed by atoms with Gasteiger partial charge in [-0.3, -0.25) is 10.1 Å². The molecule has 0 unspecified atom stereocenters. The molecule has 0 saturated carbocycles. The second-order valence-corrected chi connectivity index (χ2v) is 7.92. The van der Waals surface area contributed by atoms with Gasteiger partial charge in [-0.05, 0) is 55.7 Å². The Kier molecular flexibility index (Phi) is 6.41. The molecular formula is C23H21ClFN5O3. The quantitative estimate of drug-likeness (QED) is 0.415. The predicted octanol–water partition coefficient (Wildman–Crippen LogP) is 4.86. The number of carbonyl (C=O) groups excluding carboxylic acids is 1. The number of aryl methyl sites for hydroxylation is 2. The van der Waals surface area contributed by atoms with Crippen LogP contribution in [0.15, 0.2) is 47.2 Å². The molecule has 0 aliphatic rings. The standard InChI is InChI=1S/C23H21ClFN5O3/c1-13-5-4-6-20(14(13)2)32-11-18-15(3)33-29-21(18)22(31)27-23-26-12-30(28-23)10-16-7-8-17(25)9-19(16)24/h4-9,12H,10-11H2,1-3H3,(H,27,28,31). The van der Waals surface area contributed by atoms with Gasteiger partial charge in [-0.25, -0.2) is 14.1 Å². The van der Waals surface area contributed by atoms with Crippen molar-refractivity contribution in [1.82, 2.24) is 19.9 Å². The van der Waals surface area contributed by atoms with Crippen molar-refractivity contribution >= 4 is 23.5 Å². The normalized spacial score (nSPS) is 10.9. The van der Waals surface area contributed by atoms with E-state index in [-0.39, 0.29) is 29.8 Å². The van der Waals surface area contributed by atoms with Crippen molar-refractivity contribution in [2.45, 2.75) is 33.9 Å². The van der Waals surface area contributed by atoms with Crippen molar-refractivity contribution in [3.05, 3.63) is 87.3 Å². The summed E-state index contributed by atoms with van der Waals surface area (Å²) in [7, 11) is 0. The average Bonchev–Trinajstić information content (AvgIpc) is 3.37. The van der Waals surface area contributed by atoms with Gasteiger partial charge in [-0.2, -0.15) is 0 Å². The maximum atomic E-state index is 13.2. The molecule has 4 rings (SSSR count). The number of aromatic nitrogens is 4. The molecule has 1 amide bonds. The van der Waals surface area contributed by atoms with Crippen LogP contribution in [0.5, 0.6) is 5.75 Å². The summed E-state index contributed by atoms with van der Waals surface area (Å²) in [6.45, 7) is 6.07. The first-order valence-electron chi connectivity index (χ1n) is 10.1. The van der Waals surface area contributed by atoms with Gasteiger partial charge in [0.1, 0.15) is 30.3 Å². The van der Waals surface area contributed by atoms with Gasteiger partial charge in [0.05, 0.1) is 12.1 Å². The first kappa shape index (κ1) is 22.5. The minimum absolute atomic E-state index is 0.0836. The van der Waals surface area contributed by atoms with E-state index in [1.54, 1.807) is 13.0 Å². The van der Waals surface area contributed by atoms with Gasteiger partial charge in [0.25, 0.3) is 5.91 Å². The minimum Gasteiger partial charge on any atom is -0.488 e. The van der Waals surface area contributed by atoms with Crippen molar-refractivity contribution < 1.29 is 18.4 Å². The second kappa shape index (κ2) is 9.41. The average molecular weight is 470 g/mol. The summed E-state index contributed by atoms with van der Waals surface area (Å²) in [6.07, 6.45) is 1.44. The summed E-state index contributed by atoms with van der Waals surface area (Å²) in [6, 6.07) is 9.89. The van der Waals surface area contributed by atoms with E-state index >= 15 is 0 Å². The molecule has 33 heavy (non-hydrogen) atoms. The van der Waals surface area contributed by atoms with Crippen LogP contribution >= 0.6 is 11.6 Å². The van der Waals surface area contributed by atoms with Crippen molar-refractivity contribution in [3.8, 4) is 5.75 Å². The third-order valence-corrected chi connectivity index (χ3v) is 5.59. The maximum absolute atomic E-state index is 13.2. The number of halogens is 2. The van der Waals surface area contributed by atoms with Crippen LogP contribution in [0.4, 0.5) is 10.3 Å². The molecule has 4 aromatic rings. The Labute approximate surface area is 194 Å². The molecule has 1 N–H and O–H groups in total. The van der Waals surface area contributed by atoms with Gasteiger partial charge in [0.2, 0.25) is 5.95 Å². The topological polar surface area (TPSA) is 95.1 Å². The Morgan fingerprint density at radius 3 is 2.85 bits per heavy atom. The Bertz CT molecular complexity index is 1320. The largest absolute Gasteiger partial charge is 0.488 e. The van der Waals surface area contributed by atoms with E-state index in [9.17, 15) is 9.18 Å². The third kappa shape index (κ3) is 5.04. The highest BCUT2D eigenvalue weighted by Gasteiger charge is 2.22. The molecule has 2 heterocycles. The van der Waals surface area contributed by atoms with Gasteiger partial charge in [-0.1, -0.05) is 35.0 Å². The van der Waals surface area contributed by atoms with E-state index in [2.05, 4.69) is 20.6 Å². The number of carbonyl (C=O) groups is 1. The van der Waals surface area contributed by atoms with Gasteiger partial charge < -0.3 is 9.26 Å². The van der Waals surface area contributed by atoms with Crippen molar-refractivity contribution in [2.75, 3.05) is 5.32 Å². The number of rotatable bonds is 7. The Balaban J connectivity index is 1.45. The lowest BCUT2D eigenvalue weighted by atomic mass is 10.1. The Hall–Kier alpha value is -3.72. The Morgan fingerprint density at radius 2 is 2.06 bits per heavy atom. The number of nitrogens with one attached hydrogen (secondary N) is 1. The molecule has 0 atom stereocenters. The lowest BCUT2D eigenvalue weighted by molar-refractivity contribution is 0.101. The minimum atomic E-state index is -0.524. The number of hydrogen-bond donors (Lipinski definition) is 1. The van der Waals surface area contributed by atoms with E-state index < -0.39 is 11.7 Å². The van der Waals surface area contributed by atoms with Crippen LogP contribution < -0.4 is 10.1 Å². The van der Waals surface area contributed by atoms with E-state index in [0.717, 1.165) is 16.9 Å². The van der Waals surface area contributed by atoms with Gasteiger partial charge in [0.15, 0.2) is 5.69 Å². The highest BCUT2D eigenvalue weighted by atomic mass is 35.5. The zero-order valence-corrected chi connectivity index (χ0v) is 19.0. The molecule has 2 aromatic carbocycles. The molecule has 8 nitrogen and oxygen atoms in total. The fourth-order valence-corrected chi connectivity index (χ4v) is 3.41. The first-order chi connectivity index (χ1) is 15.8. The SMILES string of the molecule is Cc1cccc(OCc2c(C(=O)Nc3ncn(Cc4ccc(F)cc4Cl)n3)noc2C)c1C. The van der Waals surface area contributed by atoms with E-state index in [1.807, 2.05) is 32.0 Å². The molecule has 0 spiro atoms. The number of benzene rings is 2. The van der Waals surface area contributed by atoms with Crippen LogP contribution in [0.25, 0.3) is 0 Å². The number of anilines is 1. The summed E-state index contributed by atoms with van der Waals surface area (Å²) in [5.41, 5.74) is 3.42. The lowest BCUT2D eigenvalue weighted by Crippen LogP contribution is -2.16. The van der Waals surface area contributed by atoms with Crippen LogP contribution in [-0.4, -0.2) is 25.8 Å². The number of hydrogen-bond acceptors (Lipinski definition) is 6.